The van der Waals surface area contributed by atoms with Gasteiger partial charge in [-0.2, -0.15) is 0 Å². The normalized spacial score (nSPS) is 12.3. The van der Waals surface area contributed by atoms with E-state index in [4.69, 9.17) is 9.84 Å². The van der Waals surface area contributed by atoms with Gasteiger partial charge in [0.1, 0.15) is 6.61 Å². The van der Waals surface area contributed by atoms with Crippen LogP contribution in [0.25, 0.3) is 0 Å². The van der Waals surface area contributed by atoms with Crippen LogP contribution in [0, 0.1) is 5.41 Å². The first-order chi connectivity index (χ1) is 9.79. The van der Waals surface area contributed by atoms with Crippen molar-refractivity contribution in [2.45, 2.75) is 33.4 Å². The van der Waals surface area contributed by atoms with E-state index in [1.54, 1.807) is 0 Å². The lowest BCUT2D eigenvalue weighted by Crippen LogP contribution is -2.50. The zero-order chi connectivity index (χ0) is 15.9. The Morgan fingerprint density at radius 1 is 1.24 bits per heavy atom. The highest BCUT2D eigenvalue weighted by Crippen LogP contribution is 2.19. The summed E-state index contributed by atoms with van der Waals surface area (Å²) in [6.45, 7) is 6.05. The summed E-state index contributed by atoms with van der Waals surface area (Å²) in [6.07, 6.45) is -1.69. The number of carboxylic acid groups (broad SMARTS) is 1. The molecule has 6 nitrogen and oxygen atoms in total. The molecule has 21 heavy (non-hydrogen) atoms. The molecule has 2 amide bonds. The fourth-order valence-electron chi connectivity index (χ4n) is 1.67. The van der Waals surface area contributed by atoms with Crippen molar-refractivity contribution < 1.29 is 19.4 Å². The number of rotatable bonds is 5. The van der Waals surface area contributed by atoms with Gasteiger partial charge in [0.2, 0.25) is 0 Å². The summed E-state index contributed by atoms with van der Waals surface area (Å²) in [6, 6.07) is 8.98. The van der Waals surface area contributed by atoms with Crippen molar-refractivity contribution >= 4 is 12.2 Å². The number of alkyl carbamates (subject to hydrolysis) is 1. The van der Waals surface area contributed by atoms with Crippen LogP contribution in [0.1, 0.15) is 26.3 Å². The van der Waals surface area contributed by atoms with E-state index in [0.717, 1.165) is 5.56 Å². The van der Waals surface area contributed by atoms with Gasteiger partial charge in [-0.3, -0.25) is 0 Å². The van der Waals surface area contributed by atoms with Crippen molar-refractivity contribution in [3.05, 3.63) is 35.9 Å². The lowest BCUT2D eigenvalue weighted by atomic mass is 9.87. The number of amides is 2. The minimum Gasteiger partial charge on any atom is -0.465 e. The Labute approximate surface area is 124 Å². The molecule has 1 aromatic rings. The molecule has 0 saturated carbocycles. The van der Waals surface area contributed by atoms with E-state index in [1.807, 2.05) is 51.1 Å². The molecule has 1 rings (SSSR count). The van der Waals surface area contributed by atoms with Crippen molar-refractivity contribution in [2.24, 2.45) is 5.41 Å². The Balaban J connectivity index is 2.50. The van der Waals surface area contributed by atoms with Gasteiger partial charge in [0.25, 0.3) is 0 Å². The smallest absolute Gasteiger partial charge is 0.407 e. The van der Waals surface area contributed by atoms with Gasteiger partial charge in [-0.05, 0) is 11.0 Å². The highest BCUT2D eigenvalue weighted by atomic mass is 16.5. The molecule has 0 saturated heterocycles. The van der Waals surface area contributed by atoms with Crippen LogP contribution in [-0.2, 0) is 11.3 Å². The molecule has 0 fully saturated rings. The Kier molecular flexibility index (Phi) is 6.02. The molecule has 6 heteroatoms. The predicted molar refractivity (Wildman–Crippen MR) is 79.0 cm³/mol. The van der Waals surface area contributed by atoms with Crippen LogP contribution < -0.4 is 10.6 Å². The maximum Gasteiger partial charge on any atom is 0.407 e. The van der Waals surface area contributed by atoms with Crippen molar-refractivity contribution in [3.8, 4) is 0 Å². The lowest BCUT2D eigenvalue weighted by Gasteiger charge is -2.30. The number of carbonyl (C=O) groups excluding carboxylic acids is 1. The van der Waals surface area contributed by atoms with Crippen LogP contribution in [0.2, 0.25) is 0 Å². The fraction of sp³-hybridized carbons (Fsp3) is 0.467. The van der Waals surface area contributed by atoms with Crippen LogP contribution in [0.15, 0.2) is 30.3 Å². The molecule has 0 heterocycles. The average Bonchev–Trinajstić information content (AvgIpc) is 2.41. The first-order valence-electron chi connectivity index (χ1n) is 6.73. The number of hydrogen-bond donors (Lipinski definition) is 3. The first kappa shape index (κ1) is 16.8. The van der Waals surface area contributed by atoms with E-state index < -0.39 is 12.2 Å². The molecule has 0 aromatic heterocycles. The second kappa shape index (κ2) is 7.52. The topological polar surface area (TPSA) is 87.7 Å². The number of nitrogens with one attached hydrogen (secondary N) is 2. The van der Waals surface area contributed by atoms with Crippen molar-refractivity contribution in [2.75, 3.05) is 6.54 Å². The molecule has 0 aliphatic rings. The summed E-state index contributed by atoms with van der Waals surface area (Å²) in [5, 5.41) is 13.6. The van der Waals surface area contributed by atoms with E-state index in [2.05, 4.69) is 10.6 Å². The lowest BCUT2D eigenvalue weighted by molar-refractivity contribution is 0.124. The number of benzene rings is 1. The molecular formula is C15H22N2O4. The van der Waals surface area contributed by atoms with E-state index in [-0.39, 0.29) is 24.6 Å². The summed E-state index contributed by atoms with van der Waals surface area (Å²) in [7, 11) is 0. The molecule has 0 bridgehead atoms. The second-order valence-electron chi connectivity index (χ2n) is 5.81. The van der Waals surface area contributed by atoms with Crippen LogP contribution in [0.3, 0.4) is 0 Å². The molecule has 3 N–H and O–H groups in total. The monoisotopic (exact) mass is 294 g/mol. The van der Waals surface area contributed by atoms with E-state index in [9.17, 15) is 9.59 Å². The van der Waals surface area contributed by atoms with Crippen molar-refractivity contribution in [3.63, 3.8) is 0 Å². The third-order valence-electron chi connectivity index (χ3n) is 3.01. The molecule has 0 aliphatic heterocycles. The molecular weight excluding hydrogens is 272 g/mol. The third-order valence-corrected chi connectivity index (χ3v) is 3.01. The minimum absolute atomic E-state index is 0.124. The largest absolute Gasteiger partial charge is 0.465 e. The minimum atomic E-state index is -1.12. The van der Waals surface area contributed by atoms with Gasteiger partial charge < -0.3 is 20.5 Å². The summed E-state index contributed by atoms with van der Waals surface area (Å²) >= 11 is 0. The van der Waals surface area contributed by atoms with Gasteiger partial charge in [0.05, 0.1) is 6.04 Å². The van der Waals surface area contributed by atoms with Crippen LogP contribution in [0.5, 0.6) is 0 Å². The van der Waals surface area contributed by atoms with Gasteiger partial charge in [-0.1, -0.05) is 51.1 Å². The van der Waals surface area contributed by atoms with Crippen LogP contribution >= 0.6 is 0 Å². The summed E-state index contributed by atoms with van der Waals surface area (Å²) in [5.41, 5.74) is 0.595. The maximum atomic E-state index is 11.8. The van der Waals surface area contributed by atoms with E-state index in [1.165, 1.54) is 0 Å². The molecule has 1 aromatic carbocycles. The standard InChI is InChI=1S/C15H22N2O4/c1-15(2,3)12(9-16-13(18)19)17-14(20)21-10-11-7-5-4-6-8-11/h4-8,12,16H,9-10H2,1-3H3,(H,17,20)(H,18,19)/t12-/m0/s1. The van der Waals surface area contributed by atoms with Gasteiger partial charge in [-0.15, -0.1) is 0 Å². The van der Waals surface area contributed by atoms with Crippen LogP contribution in [0.4, 0.5) is 9.59 Å². The third kappa shape index (κ3) is 6.65. The van der Waals surface area contributed by atoms with Gasteiger partial charge in [0, 0.05) is 6.54 Å². The average molecular weight is 294 g/mol. The SMILES string of the molecule is CC(C)(C)[C@H](CNC(=O)O)NC(=O)OCc1ccccc1. The van der Waals surface area contributed by atoms with Crippen molar-refractivity contribution in [1.29, 1.82) is 0 Å². The zero-order valence-electron chi connectivity index (χ0n) is 12.6. The Morgan fingerprint density at radius 2 is 1.86 bits per heavy atom. The summed E-state index contributed by atoms with van der Waals surface area (Å²) in [4.78, 5) is 22.4. The first-order valence-corrected chi connectivity index (χ1v) is 6.73. The Bertz CT molecular complexity index is 468. The summed E-state index contributed by atoms with van der Waals surface area (Å²) < 4.78 is 5.14. The Morgan fingerprint density at radius 3 is 2.38 bits per heavy atom. The highest BCUT2D eigenvalue weighted by molar-refractivity contribution is 5.68. The molecule has 0 radical (unpaired) electrons. The van der Waals surface area contributed by atoms with Crippen molar-refractivity contribution in [1.82, 2.24) is 10.6 Å². The quantitative estimate of drug-likeness (QED) is 0.779. The maximum absolute atomic E-state index is 11.8. The predicted octanol–water partition coefficient (Wildman–Crippen LogP) is 2.60. The van der Waals surface area contributed by atoms with E-state index in [0.29, 0.717) is 0 Å². The van der Waals surface area contributed by atoms with Crippen LogP contribution in [-0.4, -0.2) is 29.9 Å². The second-order valence-corrected chi connectivity index (χ2v) is 5.81. The molecule has 116 valence electrons. The van der Waals surface area contributed by atoms with E-state index >= 15 is 0 Å². The molecule has 0 unspecified atom stereocenters. The zero-order valence-corrected chi connectivity index (χ0v) is 12.6. The summed E-state index contributed by atoms with van der Waals surface area (Å²) in [5.74, 6) is 0. The number of carbonyl (C=O) groups is 2. The van der Waals surface area contributed by atoms with Gasteiger partial charge in [-0.25, -0.2) is 9.59 Å². The van der Waals surface area contributed by atoms with Gasteiger partial charge >= 0.3 is 12.2 Å². The molecule has 1 atom stereocenters. The van der Waals surface area contributed by atoms with Gasteiger partial charge in [0.15, 0.2) is 0 Å². The fourth-order valence-corrected chi connectivity index (χ4v) is 1.67. The molecule has 0 aliphatic carbocycles. The number of ether oxygens (including phenoxy) is 1. The molecule has 0 spiro atoms. The number of hydrogen-bond acceptors (Lipinski definition) is 3. The Hall–Kier alpha value is -2.24. The highest BCUT2D eigenvalue weighted by Gasteiger charge is 2.27.